The molecule has 1 aromatic carbocycles. The SMILES string of the molecule is CCNc1nc(Oc2ccc(C)cc2)c2[nH]cnc2n1. The minimum atomic E-state index is 0.465. The number of imidazole rings is 1. The summed E-state index contributed by atoms with van der Waals surface area (Å²) in [6, 6.07) is 7.80. The Balaban J connectivity index is 2.00. The van der Waals surface area contributed by atoms with Crippen LogP contribution in [0.3, 0.4) is 0 Å². The van der Waals surface area contributed by atoms with Gasteiger partial charge in [0.1, 0.15) is 11.3 Å². The number of hydrogen-bond acceptors (Lipinski definition) is 5. The Hall–Kier alpha value is -2.63. The second kappa shape index (κ2) is 5.16. The molecular formula is C14H15N5O. The number of anilines is 1. The third kappa shape index (κ3) is 2.40. The standard InChI is InChI=1S/C14H15N5O/c1-3-15-14-18-12-11(16-8-17-12)13(19-14)20-10-6-4-9(2)5-7-10/h4-8H,3H2,1-2H3,(H2,15,16,17,18,19). The van der Waals surface area contributed by atoms with Gasteiger partial charge in [0.2, 0.25) is 5.95 Å². The number of aromatic nitrogens is 4. The Morgan fingerprint density at radius 1 is 1.20 bits per heavy atom. The van der Waals surface area contributed by atoms with Crippen LogP contribution < -0.4 is 10.1 Å². The van der Waals surface area contributed by atoms with E-state index < -0.39 is 0 Å². The van der Waals surface area contributed by atoms with E-state index in [1.165, 1.54) is 5.56 Å². The smallest absolute Gasteiger partial charge is 0.250 e. The van der Waals surface area contributed by atoms with Crippen LogP contribution >= 0.6 is 0 Å². The van der Waals surface area contributed by atoms with Crippen molar-refractivity contribution in [1.82, 2.24) is 19.9 Å². The van der Waals surface area contributed by atoms with Crippen LogP contribution in [0.2, 0.25) is 0 Å². The highest BCUT2D eigenvalue weighted by Crippen LogP contribution is 2.26. The van der Waals surface area contributed by atoms with Gasteiger partial charge in [0.15, 0.2) is 5.65 Å². The summed E-state index contributed by atoms with van der Waals surface area (Å²) in [5, 5.41) is 3.07. The van der Waals surface area contributed by atoms with Crippen molar-refractivity contribution >= 4 is 17.1 Å². The first-order valence-electron chi connectivity index (χ1n) is 6.46. The number of rotatable bonds is 4. The topological polar surface area (TPSA) is 75.7 Å². The lowest BCUT2D eigenvalue weighted by molar-refractivity contribution is 0.468. The predicted molar refractivity (Wildman–Crippen MR) is 77.1 cm³/mol. The van der Waals surface area contributed by atoms with Gasteiger partial charge in [0.05, 0.1) is 6.33 Å². The van der Waals surface area contributed by atoms with E-state index in [9.17, 15) is 0 Å². The van der Waals surface area contributed by atoms with Gasteiger partial charge < -0.3 is 15.0 Å². The zero-order valence-electron chi connectivity index (χ0n) is 11.3. The fraction of sp³-hybridized carbons (Fsp3) is 0.214. The molecule has 0 saturated heterocycles. The first-order valence-corrected chi connectivity index (χ1v) is 6.46. The van der Waals surface area contributed by atoms with E-state index in [-0.39, 0.29) is 0 Å². The summed E-state index contributed by atoms with van der Waals surface area (Å²) in [6.07, 6.45) is 1.58. The maximum Gasteiger partial charge on any atom is 0.250 e. The first kappa shape index (κ1) is 12.4. The number of benzene rings is 1. The van der Waals surface area contributed by atoms with E-state index in [2.05, 4.69) is 25.3 Å². The van der Waals surface area contributed by atoms with Gasteiger partial charge >= 0.3 is 0 Å². The van der Waals surface area contributed by atoms with Gasteiger partial charge in [-0.05, 0) is 26.0 Å². The van der Waals surface area contributed by atoms with Crippen molar-refractivity contribution in [2.45, 2.75) is 13.8 Å². The van der Waals surface area contributed by atoms with E-state index in [1.54, 1.807) is 6.33 Å². The number of fused-ring (bicyclic) bond motifs is 1. The van der Waals surface area contributed by atoms with Crippen molar-refractivity contribution in [2.24, 2.45) is 0 Å². The molecular weight excluding hydrogens is 254 g/mol. The lowest BCUT2D eigenvalue weighted by Crippen LogP contribution is -2.03. The molecule has 0 aliphatic carbocycles. The minimum Gasteiger partial charge on any atom is -0.437 e. The van der Waals surface area contributed by atoms with Crippen LogP contribution in [0, 0.1) is 6.92 Å². The molecule has 0 amide bonds. The Kier molecular flexibility index (Phi) is 3.20. The summed E-state index contributed by atoms with van der Waals surface area (Å²) in [4.78, 5) is 15.8. The van der Waals surface area contributed by atoms with Gasteiger partial charge in [-0.25, -0.2) is 4.98 Å². The molecule has 2 aromatic heterocycles. The van der Waals surface area contributed by atoms with Gasteiger partial charge in [0, 0.05) is 6.54 Å². The number of nitrogens with zero attached hydrogens (tertiary/aromatic N) is 3. The van der Waals surface area contributed by atoms with E-state index >= 15 is 0 Å². The van der Waals surface area contributed by atoms with Crippen LogP contribution in [-0.2, 0) is 0 Å². The molecule has 6 heteroatoms. The van der Waals surface area contributed by atoms with Gasteiger partial charge in [0.25, 0.3) is 5.88 Å². The van der Waals surface area contributed by atoms with Gasteiger partial charge in [-0.2, -0.15) is 9.97 Å². The molecule has 2 heterocycles. The molecule has 0 unspecified atom stereocenters. The molecule has 0 aliphatic heterocycles. The molecule has 0 fully saturated rings. The molecule has 0 saturated carbocycles. The van der Waals surface area contributed by atoms with Gasteiger partial charge in [-0.1, -0.05) is 17.7 Å². The van der Waals surface area contributed by atoms with E-state index in [0.29, 0.717) is 23.0 Å². The van der Waals surface area contributed by atoms with Crippen LogP contribution in [0.25, 0.3) is 11.2 Å². The lowest BCUT2D eigenvalue weighted by Gasteiger charge is -2.08. The summed E-state index contributed by atoms with van der Waals surface area (Å²) >= 11 is 0. The van der Waals surface area contributed by atoms with Crippen molar-refractivity contribution in [3.05, 3.63) is 36.2 Å². The van der Waals surface area contributed by atoms with E-state index in [1.807, 2.05) is 38.1 Å². The minimum absolute atomic E-state index is 0.465. The van der Waals surface area contributed by atoms with Crippen LogP contribution in [0.15, 0.2) is 30.6 Å². The normalized spacial score (nSPS) is 10.7. The number of ether oxygens (including phenoxy) is 1. The number of hydrogen-bond donors (Lipinski definition) is 2. The monoisotopic (exact) mass is 269 g/mol. The largest absolute Gasteiger partial charge is 0.437 e. The van der Waals surface area contributed by atoms with Crippen molar-refractivity contribution in [3.63, 3.8) is 0 Å². The molecule has 3 rings (SSSR count). The number of nitrogens with one attached hydrogen (secondary N) is 2. The Labute approximate surface area is 116 Å². The summed E-state index contributed by atoms with van der Waals surface area (Å²) in [5.41, 5.74) is 2.45. The number of aryl methyl sites for hydroxylation is 1. The predicted octanol–water partition coefficient (Wildman–Crippen LogP) is 2.89. The quantitative estimate of drug-likeness (QED) is 0.761. The van der Waals surface area contributed by atoms with Crippen molar-refractivity contribution < 1.29 is 4.74 Å². The maximum atomic E-state index is 5.83. The van der Waals surface area contributed by atoms with E-state index in [0.717, 1.165) is 12.3 Å². The van der Waals surface area contributed by atoms with Crippen LogP contribution in [0.4, 0.5) is 5.95 Å². The molecule has 3 aromatic rings. The molecule has 102 valence electrons. The fourth-order valence-corrected chi connectivity index (χ4v) is 1.84. The van der Waals surface area contributed by atoms with E-state index in [4.69, 9.17) is 4.74 Å². The Morgan fingerprint density at radius 2 is 2.00 bits per heavy atom. The second-order valence-corrected chi connectivity index (χ2v) is 4.40. The number of aromatic amines is 1. The average Bonchev–Trinajstić information content (AvgIpc) is 2.90. The Bertz CT molecular complexity index is 720. The first-order chi connectivity index (χ1) is 9.76. The lowest BCUT2D eigenvalue weighted by atomic mass is 10.2. The summed E-state index contributed by atoms with van der Waals surface area (Å²) < 4.78 is 5.83. The molecule has 2 N–H and O–H groups in total. The fourth-order valence-electron chi connectivity index (χ4n) is 1.84. The van der Waals surface area contributed by atoms with Crippen LogP contribution in [0.1, 0.15) is 12.5 Å². The van der Waals surface area contributed by atoms with Gasteiger partial charge in [-0.15, -0.1) is 0 Å². The molecule has 0 atom stereocenters. The summed E-state index contributed by atoms with van der Waals surface area (Å²) in [7, 11) is 0. The zero-order chi connectivity index (χ0) is 13.9. The van der Waals surface area contributed by atoms with Crippen molar-refractivity contribution in [1.29, 1.82) is 0 Å². The average molecular weight is 269 g/mol. The van der Waals surface area contributed by atoms with Crippen molar-refractivity contribution in [2.75, 3.05) is 11.9 Å². The third-order valence-electron chi connectivity index (χ3n) is 2.82. The van der Waals surface area contributed by atoms with Gasteiger partial charge in [-0.3, -0.25) is 0 Å². The van der Waals surface area contributed by atoms with Crippen molar-refractivity contribution in [3.8, 4) is 11.6 Å². The highest BCUT2D eigenvalue weighted by molar-refractivity contribution is 5.77. The molecule has 0 spiro atoms. The highest BCUT2D eigenvalue weighted by Gasteiger charge is 2.11. The second-order valence-electron chi connectivity index (χ2n) is 4.40. The molecule has 0 radical (unpaired) electrons. The molecule has 20 heavy (non-hydrogen) atoms. The summed E-state index contributed by atoms with van der Waals surface area (Å²) in [5.74, 6) is 1.70. The molecule has 0 aliphatic rings. The Morgan fingerprint density at radius 3 is 2.75 bits per heavy atom. The summed E-state index contributed by atoms with van der Waals surface area (Å²) in [6.45, 7) is 4.75. The maximum absolute atomic E-state index is 5.83. The van der Waals surface area contributed by atoms with Crippen LogP contribution in [-0.4, -0.2) is 26.5 Å². The molecule has 6 nitrogen and oxygen atoms in total. The third-order valence-corrected chi connectivity index (χ3v) is 2.82. The van der Waals surface area contributed by atoms with Crippen LogP contribution in [0.5, 0.6) is 11.6 Å². The highest BCUT2D eigenvalue weighted by atomic mass is 16.5. The molecule has 0 bridgehead atoms. The zero-order valence-corrected chi connectivity index (χ0v) is 11.3. The number of H-pyrrole nitrogens is 1.